The van der Waals surface area contributed by atoms with Crippen molar-refractivity contribution < 1.29 is 27.2 Å². The third-order valence-corrected chi connectivity index (χ3v) is 0.322. The number of carbonyl (C=O) groups excluding carboxylic acids is 1. The fourth-order valence-electron chi connectivity index (χ4n) is 0.139. The summed E-state index contributed by atoms with van der Waals surface area (Å²) in [6.45, 7) is 6.81. The summed E-state index contributed by atoms with van der Waals surface area (Å²) in [5, 5.41) is 2.35. The number of amides is 1. The molecule has 1 N–H and O–H groups in total. The number of hydrogen-bond acceptors (Lipinski definition) is 1. The molecular weight excluding hydrogens is 171 g/mol. The van der Waals surface area contributed by atoms with Crippen molar-refractivity contribution in [3.8, 4) is 0 Å². The van der Waals surface area contributed by atoms with Gasteiger partial charge in [0.25, 0.3) is 0 Å². The molecular formula is C4H7NNbO. The zero-order valence-corrected chi connectivity index (χ0v) is 6.18. The number of carbonyl (C=O) groups is 1. The van der Waals surface area contributed by atoms with E-state index >= 15 is 0 Å². The van der Waals surface area contributed by atoms with Gasteiger partial charge < -0.3 is 24.0 Å². The maximum Gasteiger partial charge on any atom is 2.00 e. The van der Waals surface area contributed by atoms with Gasteiger partial charge in [0.15, 0.2) is 0 Å². The molecule has 0 aromatic rings. The maximum absolute atomic E-state index is 9.78. The molecule has 0 saturated heterocycles. The van der Waals surface area contributed by atoms with E-state index in [-0.39, 0.29) is 28.3 Å². The molecule has 0 rings (SSSR count). The standard InChI is InChI=1S/C4H7NO.Nb/c1-3-5-4(2)6;/h1-3H2,(H,5,6);/q-2;+2. The van der Waals surface area contributed by atoms with E-state index in [4.69, 9.17) is 0 Å². The molecule has 7 heavy (non-hydrogen) atoms. The van der Waals surface area contributed by atoms with Crippen molar-refractivity contribution in [2.75, 3.05) is 6.54 Å². The van der Waals surface area contributed by atoms with Gasteiger partial charge in [-0.25, -0.2) is 0 Å². The summed E-state index contributed by atoms with van der Waals surface area (Å²) < 4.78 is 0. The normalized spacial score (nSPS) is 6.43. The Hall–Kier alpha value is 0.0803. The number of nitrogens with one attached hydrogen (secondary N) is 1. The first-order chi connectivity index (χ1) is 2.77. The van der Waals surface area contributed by atoms with E-state index in [1.54, 1.807) is 0 Å². The largest absolute Gasteiger partial charge is 2.00 e. The fourth-order valence-corrected chi connectivity index (χ4v) is 0.139. The van der Waals surface area contributed by atoms with Crippen molar-refractivity contribution >= 4 is 5.91 Å². The van der Waals surface area contributed by atoms with Gasteiger partial charge in [-0.15, -0.1) is 6.54 Å². The van der Waals surface area contributed by atoms with Gasteiger partial charge in [0.05, 0.1) is 5.91 Å². The van der Waals surface area contributed by atoms with Crippen LogP contribution in [0, 0.1) is 13.8 Å². The van der Waals surface area contributed by atoms with E-state index in [2.05, 4.69) is 19.2 Å². The van der Waals surface area contributed by atoms with Crippen LogP contribution in [0.2, 0.25) is 0 Å². The van der Waals surface area contributed by atoms with Crippen molar-refractivity contribution in [2.45, 2.75) is 0 Å². The van der Waals surface area contributed by atoms with E-state index in [1.807, 2.05) is 0 Å². The van der Waals surface area contributed by atoms with Crippen LogP contribution in [0.3, 0.4) is 0 Å². The van der Waals surface area contributed by atoms with E-state index in [1.165, 1.54) is 0 Å². The Labute approximate surface area is 59.2 Å². The van der Waals surface area contributed by atoms with Crippen LogP contribution in [-0.2, 0) is 27.2 Å². The zero-order valence-electron chi connectivity index (χ0n) is 3.98. The van der Waals surface area contributed by atoms with Crippen molar-refractivity contribution in [3.63, 3.8) is 0 Å². The average Bonchev–Trinajstić information content (AvgIpc) is 1.35. The van der Waals surface area contributed by atoms with Gasteiger partial charge in [-0.2, -0.15) is 0 Å². The molecule has 0 aliphatic carbocycles. The zero-order chi connectivity index (χ0) is 4.99. The molecule has 0 atom stereocenters. The SMILES string of the molecule is [CH2-]CNC([CH2-])=O.[Nb+2]. The third-order valence-electron chi connectivity index (χ3n) is 0.322. The molecule has 0 spiro atoms. The molecule has 0 aliphatic rings. The number of rotatable bonds is 1. The Balaban J connectivity index is 0. The average molecular weight is 178 g/mol. The van der Waals surface area contributed by atoms with Gasteiger partial charge in [-0.05, 0) is 0 Å². The number of hydrogen-bond donors (Lipinski definition) is 1. The van der Waals surface area contributed by atoms with Crippen molar-refractivity contribution in [1.29, 1.82) is 0 Å². The molecule has 0 aliphatic heterocycles. The van der Waals surface area contributed by atoms with Gasteiger partial charge in [-0.1, -0.05) is 0 Å². The second-order valence-electron chi connectivity index (χ2n) is 0.850. The molecule has 0 heterocycles. The summed E-state index contributed by atoms with van der Waals surface area (Å²) in [4.78, 5) is 9.78. The van der Waals surface area contributed by atoms with Gasteiger partial charge >= 0.3 is 22.4 Å². The summed E-state index contributed by atoms with van der Waals surface area (Å²) >= 11 is 0. The molecule has 1 radical (unpaired) electrons. The van der Waals surface area contributed by atoms with Crippen LogP contribution < -0.4 is 5.32 Å². The minimum Gasteiger partial charge on any atom is -0.411 e. The summed E-state index contributed by atoms with van der Waals surface area (Å²) in [5.74, 6) is -0.273. The topological polar surface area (TPSA) is 29.1 Å². The summed E-state index contributed by atoms with van der Waals surface area (Å²) in [6, 6.07) is 0. The Morgan fingerprint density at radius 1 is 1.71 bits per heavy atom. The van der Waals surface area contributed by atoms with Crippen molar-refractivity contribution in [2.24, 2.45) is 0 Å². The van der Waals surface area contributed by atoms with E-state index in [9.17, 15) is 4.79 Å². The molecule has 3 heteroatoms. The van der Waals surface area contributed by atoms with Crippen LogP contribution in [0.4, 0.5) is 0 Å². The quantitative estimate of drug-likeness (QED) is 0.436. The van der Waals surface area contributed by atoms with Crippen LogP contribution in [-0.4, -0.2) is 12.5 Å². The minimum absolute atomic E-state index is 0. The summed E-state index contributed by atoms with van der Waals surface area (Å²) in [7, 11) is 0. The van der Waals surface area contributed by atoms with E-state index in [0.29, 0.717) is 6.54 Å². The van der Waals surface area contributed by atoms with Crippen LogP contribution in [0.5, 0.6) is 0 Å². The summed E-state index contributed by atoms with van der Waals surface area (Å²) in [6.07, 6.45) is 0. The second-order valence-corrected chi connectivity index (χ2v) is 0.850. The molecule has 0 fully saturated rings. The maximum atomic E-state index is 9.78. The smallest absolute Gasteiger partial charge is 0.411 e. The Morgan fingerprint density at radius 2 is 2.14 bits per heavy atom. The van der Waals surface area contributed by atoms with Gasteiger partial charge in [-0.3, -0.25) is 0 Å². The first kappa shape index (κ1) is 10.1. The van der Waals surface area contributed by atoms with Gasteiger partial charge in [0, 0.05) is 0 Å². The van der Waals surface area contributed by atoms with Crippen LogP contribution in [0.25, 0.3) is 0 Å². The van der Waals surface area contributed by atoms with E-state index < -0.39 is 0 Å². The van der Waals surface area contributed by atoms with Crippen molar-refractivity contribution in [3.05, 3.63) is 13.8 Å². The Bertz CT molecular complexity index is 55.7. The molecule has 39 valence electrons. The Kier molecular flexibility index (Phi) is 8.81. The second kappa shape index (κ2) is 6.08. The molecule has 2 nitrogen and oxygen atoms in total. The van der Waals surface area contributed by atoms with Gasteiger partial charge in [0.2, 0.25) is 0 Å². The molecule has 0 aromatic heterocycles. The predicted molar refractivity (Wildman–Crippen MR) is 23.7 cm³/mol. The monoisotopic (exact) mass is 178 g/mol. The van der Waals surface area contributed by atoms with Crippen LogP contribution in [0.1, 0.15) is 0 Å². The van der Waals surface area contributed by atoms with Crippen molar-refractivity contribution in [1.82, 2.24) is 5.32 Å². The summed E-state index contributed by atoms with van der Waals surface area (Å²) in [5.41, 5.74) is 0. The van der Waals surface area contributed by atoms with E-state index in [0.717, 1.165) is 0 Å². The molecule has 0 bridgehead atoms. The Morgan fingerprint density at radius 3 is 2.14 bits per heavy atom. The predicted octanol–water partition coefficient (Wildman–Crippen LogP) is -0.232. The van der Waals surface area contributed by atoms with Gasteiger partial charge in [0.1, 0.15) is 0 Å². The van der Waals surface area contributed by atoms with Crippen LogP contribution >= 0.6 is 0 Å². The third kappa shape index (κ3) is 10.7. The molecule has 1 amide bonds. The minimum atomic E-state index is -0.273. The molecule has 0 aromatic carbocycles. The molecule has 0 saturated carbocycles. The fraction of sp³-hybridized carbons (Fsp3) is 0.250. The first-order valence-corrected chi connectivity index (χ1v) is 1.66. The van der Waals surface area contributed by atoms with Crippen LogP contribution in [0.15, 0.2) is 0 Å². The molecule has 0 unspecified atom stereocenters. The first-order valence-electron chi connectivity index (χ1n) is 1.66.